The fourth-order valence-corrected chi connectivity index (χ4v) is 3.23. The number of hydrogen-bond donors (Lipinski definition) is 2. The van der Waals surface area contributed by atoms with Crippen LogP contribution in [0.4, 0.5) is 0 Å². The van der Waals surface area contributed by atoms with Gasteiger partial charge in [-0.3, -0.25) is 9.80 Å². The monoisotopic (exact) mass is 285 g/mol. The number of nitrogens with one attached hydrogen (secondary N) is 1. The fourth-order valence-electron chi connectivity index (χ4n) is 3.23. The third-order valence-corrected chi connectivity index (χ3v) is 4.58. The number of nitrogens with zero attached hydrogens (tertiary/aromatic N) is 2. The molecule has 0 bridgehead atoms. The highest BCUT2D eigenvalue weighted by Gasteiger charge is 2.31. The molecule has 1 aliphatic rings. The van der Waals surface area contributed by atoms with Crippen molar-refractivity contribution in [2.24, 2.45) is 0 Å². The van der Waals surface area contributed by atoms with Crippen LogP contribution in [0.5, 0.6) is 0 Å². The number of aliphatic hydroxyl groups is 1. The van der Waals surface area contributed by atoms with Gasteiger partial charge in [0, 0.05) is 43.3 Å². The topological polar surface area (TPSA) is 38.7 Å². The number of aliphatic hydroxyl groups excluding tert-OH is 1. The summed E-state index contributed by atoms with van der Waals surface area (Å²) < 4.78 is 0. The van der Waals surface area contributed by atoms with Crippen molar-refractivity contribution >= 4 is 0 Å². The average molecular weight is 285 g/mol. The summed E-state index contributed by atoms with van der Waals surface area (Å²) in [4.78, 5) is 5.12. The zero-order valence-corrected chi connectivity index (χ0v) is 14.4. The standard InChI is InChI=1S/C16H35N3O/c1-7-17-16(6,13-20)12-14(2)18-8-10-19(11-9-18)15(3,4)5/h14,17,20H,7-13H2,1-6H3. The van der Waals surface area contributed by atoms with Crippen molar-refractivity contribution in [3.8, 4) is 0 Å². The van der Waals surface area contributed by atoms with Gasteiger partial charge in [0.25, 0.3) is 0 Å². The van der Waals surface area contributed by atoms with Gasteiger partial charge < -0.3 is 10.4 Å². The minimum atomic E-state index is -0.157. The molecule has 0 aromatic heterocycles. The van der Waals surface area contributed by atoms with E-state index in [2.05, 4.69) is 56.7 Å². The second-order valence-corrected chi connectivity index (χ2v) is 7.50. The Morgan fingerprint density at radius 2 is 1.65 bits per heavy atom. The zero-order chi connectivity index (χ0) is 15.4. The van der Waals surface area contributed by atoms with Crippen LogP contribution in [0.3, 0.4) is 0 Å². The summed E-state index contributed by atoms with van der Waals surface area (Å²) in [5.41, 5.74) is 0.119. The largest absolute Gasteiger partial charge is 0.394 e. The first-order chi connectivity index (χ1) is 9.22. The van der Waals surface area contributed by atoms with Gasteiger partial charge in [-0.05, 0) is 47.6 Å². The van der Waals surface area contributed by atoms with Gasteiger partial charge in [0.2, 0.25) is 0 Å². The van der Waals surface area contributed by atoms with Crippen molar-refractivity contribution in [2.75, 3.05) is 39.3 Å². The van der Waals surface area contributed by atoms with Crippen LogP contribution in [0.25, 0.3) is 0 Å². The Kier molecular flexibility index (Phi) is 6.45. The lowest BCUT2D eigenvalue weighted by atomic mass is 9.93. The molecular formula is C16H35N3O. The van der Waals surface area contributed by atoms with Crippen LogP contribution in [-0.2, 0) is 0 Å². The van der Waals surface area contributed by atoms with Crippen molar-refractivity contribution in [1.82, 2.24) is 15.1 Å². The van der Waals surface area contributed by atoms with Crippen LogP contribution in [0.2, 0.25) is 0 Å². The van der Waals surface area contributed by atoms with Crippen molar-refractivity contribution in [3.63, 3.8) is 0 Å². The summed E-state index contributed by atoms with van der Waals surface area (Å²) >= 11 is 0. The maximum absolute atomic E-state index is 9.62. The molecule has 0 radical (unpaired) electrons. The molecule has 2 atom stereocenters. The molecule has 20 heavy (non-hydrogen) atoms. The molecule has 0 aromatic rings. The molecule has 120 valence electrons. The fraction of sp³-hybridized carbons (Fsp3) is 1.00. The molecule has 0 saturated carbocycles. The summed E-state index contributed by atoms with van der Waals surface area (Å²) in [7, 11) is 0. The molecule has 0 aliphatic carbocycles. The van der Waals surface area contributed by atoms with Crippen LogP contribution in [-0.4, -0.2) is 71.4 Å². The number of likely N-dealkylation sites (N-methyl/N-ethyl adjacent to an activating group) is 1. The highest BCUT2D eigenvalue weighted by atomic mass is 16.3. The SMILES string of the molecule is CCNC(C)(CO)CC(C)N1CCN(C(C)(C)C)CC1. The number of piperazine rings is 1. The van der Waals surface area contributed by atoms with Gasteiger partial charge >= 0.3 is 0 Å². The van der Waals surface area contributed by atoms with E-state index in [0.717, 1.165) is 39.1 Å². The Labute approximate surface area is 125 Å². The molecule has 1 fully saturated rings. The van der Waals surface area contributed by atoms with E-state index in [1.54, 1.807) is 0 Å². The van der Waals surface area contributed by atoms with Crippen LogP contribution in [0.15, 0.2) is 0 Å². The van der Waals surface area contributed by atoms with Gasteiger partial charge in [0.1, 0.15) is 0 Å². The first-order valence-electron chi connectivity index (χ1n) is 8.07. The number of rotatable bonds is 6. The van der Waals surface area contributed by atoms with Gasteiger partial charge in [-0.25, -0.2) is 0 Å². The number of hydrogen-bond acceptors (Lipinski definition) is 4. The van der Waals surface area contributed by atoms with E-state index in [0.29, 0.717) is 6.04 Å². The lowest BCUT2D eigenvalue weighted by Crippen LogP contribution is -2.57. The van der Waals surface area contributed by atoms with Crippen LogP contribution < -0.4 is 5.32 Å². The molecular weight excluding hydrogens is 250 g/mol. The van der Waals surface area contributed by atoms with Crippen LogP contribution in [0, 0.1) is 0 Å². The molecule has 4 heteroatoms. The zero-order valence-electron chi connectivity index (χ0n) is 14.4. The van der Waals surface area contributed by atoms with Gasteiger partial charge in [0.05, 0.1) is 6.61 Å². The van der Waals surface area contributed by atoms with Crippen LogP contribution in [0.1, 0.15) is 48.0 Å². The van der Waals surface area contributed by atoms with Gasteiger partial charge in [-0.2, -0.15) is 0 Å². The van der Waals surface area contributed by atoms with Crippen molar-refractivity contribution < 1.29 is 5.11 Å². The van der Waals surface area contributed by atoms with E-state index in [1.165, 1.54) is 0 Å². The minimum Gasteiger partial charge on any atom is -0.394 e. The molecule has 1 heterocycles. The molecule has 2 unspecified atom stereocenters. The van der Waals surface area contributed by atoms with E-state index in [-0.39, 0.29) is 17.7 Å². The molecule has 0 amide bonds. The molecule has 1 aliphatic heterocycles. The van der Waals surface area contributed by atoms with E-state index in [9.17, 15) is 5.11 Å². The Bertz CT molecular complexity index is 282. The predicted octanol–water partition coefficient (Wildman–Crippen LogP) is 1.54. The molecule has 0 aromatic carbocycles. The maximum Gasteiger partial charge on any atom is 0.0611 e. The van der Waals surface area contributed by atoms with Gasteiger partial charge in [-0.1, -0.05) is 6.92 Å². The van der Waals surface area contributed by atoms with E-state index in [4.69, 9.17) is 0 Å². The van der Waals surface area contributed by atoms with E-state index in [1.807, 2.05) is 0 Å². The Morgan fingerprint density at radius 3 is 2.05 bits per heavy atom. The van der Waals surface area contributed by atoms with E-state index >= 15 is 0 Å². The van der Waals surface area contributed by atoms with Crippen molar-refractivity contribution in [2.45, 2.75) is 65.1 Å². The third kappa shape index (κ3) is 4.99. The minimum absolute atomic E-state index is 0.157. The lowest BCUT2D eigenvalue weighted by molar-refractivity contribution is 0.0329. The second kappa shape index (κ2) is 7.21. The van der Waals surface area contributed by atoms with Crippen LogP contribution >= 0.6 is 0 Å². The average Bonchev–Trinajstić information content (AvgIpc) is 2.38. The van der Waals surface area contributed by atoms with E-state index < -0.39 is 0 Å². The third-order valence-electron chi connectivity index (χ3n) is 4.58. The van der Waals surface area contributed by atoms with Crippen molar-refractivity contribution in [1.29, 1.82) is 0 Å². The van der Waals surface area contributed by atoms with Gasteiger partial charge in [0.15, 0.2) is 0 Å². The molecule has 0 spiro atoms. The Morgan fingerprint density at radius 1 is 1.10 bits per heavy atom. The first-order valence-corrected chi connectivity index (χ1v) is 8.07. The summed E-state index contributed by atoms with van der Waals surface area (Å²) in [6, 6.07) is 0.508. The summed E-state index contributed by atoms with van der Waals surface area (Å²) in [5.74, 6) is 0. The lowest BCUT2D eigenvalue weighted by Gasteiger charge is -2.45. The summed E-state index contributed by atoms with van der Waals surface area (Å²) in [6.45, 7) is 19.0. The first kappa shape index (κ1) is 17.9. The normalized spacial score (nSPS) is 23.6. The maximum atomic E-state index is 9.62. The highest BCUT2D eigenvalue weighted by Crippen LogP contribution is 2.20. The Balaban J connectivity index is 2.48. The molecule has 1 rings (SSSR count). The summed E-state index contributed by atoms with van der Waals surface area (Å²) in [5, 5.41) is 13.0. The molecule has 1 saturated heterocycles. The van der Waals surface area contributed by atoms with Gasteiger partial charge in [-0.15, -0.1) is 0 Å². The quantitative estimate of drug-likeness (QED) is 0.776. The predicted molar refractivity (Wildman–Crippen MR) is 86.1 cm³/mol. The molecule has 2 N–H and O–H groups in total. The molecule has 4 nitrogen and oxygen atoms in total. The summed E-state index contributed by atoms with van der Waals surface area (Å²) in [6.07, 6.45) is 0.993. The Hall–Kier alpha value is -0.160. The smallest absolute Gasteiger partial charge is 0.0611 e. The second-order valence-electron chi connectivity index (χ2n) is 7.50. The van der Waals surface area contributed by atoms with Crippen molar-refractivity contribution in [3.05, 3.63) is 0 Å². The highest BCUT2D eigenvalue weighted by molar-refractivity contribution is 4.89.